The number of phenols is 1. The van der Waals surface area contributed by atoms with E-state index in [1.54, 1.807) is 42.5 Å². The number of phenolic OH excluding ortho intramolecular Hbond substituents is 1. The van der Waals surface area contributed by atoms with Gasteiger partial charge in [0, 0.05) is 11.3 Å². The molecule has 4 rings (SSSR count). The molecule has 3 aromatic carbocycles. The lowest BCUT2D eigenvalue weighted by Gasteiger charge is -2.26. The molecule has 1 aliphatic heterocycles. The Morgan fingerprint density at radius 1 is 0.944 bits per heavy atom. The molecule has 0 bridgehead atoms. The van der Waals surface area contributed by atoms with Crippen molar-refractivity contribution in [2.24, 2.45) is 0 Å². The van der Waals surface area contributed by atoms with Crippen molar-refractivity contribution >= 4 is 39.1 Å². The molecule has 1 atom stereocenters. The number of halogens is 1. The van der Waals surface area contributed by atoms with Crippen molar-refractivity contribution in [3.63, 3.8) is 0 Å². The van der Waals surface area contributed by atoms with E-state index in [9.17, 15) is 19.8 Å². The fourth-order valence-corrected chi connectivity index (χ4v) is 4.82. The maximum absolute atomic E-state index is 13.3. The quantitative estimate of drug-likeness (QED) is 0.224. The molecule has 1 heterocycles. The fourth-order valence-electron chi connectivity index (χ4n) is 4.28. The highest BCUT2D eigenvalue weighted by molar-refractivity contribution is 9.10. The SMILES string of the molecule is COc1ccc(C2/C(=C(/O)c3ccc(OC)c(Br)c3)C(=O)C(=O)N2c2ccc(C(C)C)cc2)cc1O. The van der Waals surface area contributed by atoms with Gasteiger partial charge in [0.2, 0.25) is 0 Å². The van der Waals surface area contributed by atoms with Crippen molar-refractivity contribution in [2.45, 2.75) is 25.8 Å². The van der Waals surface area contributed by atoms with E-state index in [0.717, 1.165) is 5.56 Å². The monoisotopic (exact) mass is 551 g/mol. The number of carbonyl (C=O) groups is 2. The van der Waals surface area contributed by atoms with Crippen LogP contribution in [0.4, 0.5) is 5.69 Å². The summed E-state index contributed by atoms with van der Waals surface area (Å²) in [5.41, 5.74) is 2.26. The number of methoxy groups -OCH3 is 2. The average Bonchev–Trinajstić information content (AvgIpc) is 3.13. The van der Waals surface area contributed by atoms with Gasteiger partial charge in [-0.25, -0.2) is 0 Å². The summed E-state index contributed by atoms with van der Waals surface area (Å²) in [7, 11) is 2.95. The van der Waals surface area contributed by atoms with Crippen LogP contribution in [0, 0.1) is 0 Å². The second kappa shape index (κ2) is 10.1. The molecule has 7 nitrogen and oxygen atoms in total. The summed E-state index contributed by atoms with van der Waals surface area (Å²) in [4.78, 5) is 28.0. The third-order valence-corrected chi connectivity index (χ3v) is 6.85. The first-order chi connectivity index (χ1) is 17.2. The minimum Gasteiger partial charge on any atom is -0.507 e. The average molecular weight is 552 g/mol. The van der Waals surface area contributed by atoms with Crippen molar-refractivity contribution in [1.82, 2.24) is 0 Å². The molecule has 8 heteroatoms. The zero-order chi connectivity index (χ0) is 26.1. The first kappa shape index (κ1) is 25.3. The number of hydrogen-bond donors (Lipinski definition) is 2. The van der Waals surface area contributed by atoms with Crippen molar-refractivity contribution < 1.29 is 29.3 Å². The van der Waals surface area contributed by atoms with Crippen LogP contribution in [0.25, 0.3) is 5.76 Å². The van der Waals surface area contributed by atoms with E-state index < -0.39 is 17.7 Å². The van der Waals surface area contributed by atoms with Crippen LogP contribution >= 0.6 is 15.9 Å². The lowest BCUT2D eigenvalue weighted by molar-refractivity contribution is -0.132. The minimum absolute atomic E-state index is 0.0884. The standard InChI is InChI=1S/C28H26BrNO6/c1-15(2)16-5-9-19(10-6-16)30-25(17-7-12-23(36-4)21(31)14-17)24(27(33)28(30)34)26(32)18-8-11-22(35-3)20(29)13-18/h5-15,25,31-32H,1-4H3/b26-24-. The number of benzene rings is 3. The smallest absolute Gasteiger partial charge is 0.300 e. The van der Waals surface area contributed by atoms with E-state index in [0.29, 0.717) is 27.0 Å². The van der Waals surface area contributed by atoms with Crippen LogP contribution < -0.4 is 14.4 Å². The van der Waals surface area contributed by atoms with Crippen LogP contribution in [0.2, 0.25) is 0 Å². The molecule has 1 amide bonds. The predicted molar refractivity (Wildman–Crippen MR) is 141 cm³/mol. The van der Waals surface area contributed by atoms with Crippen molar-refractivity contribution in [3.05, 3.63) is 87.4 Å². The van der Waals surface area contributed by atoms with E-state index >= 15 is 0 Å². The molecule has 0 saturated carbocycles. The molecule has 0 radical (unpaired) electrons. The molecule has 36 heavy (non-hydrogen) atoms. The highest BCUT2D eigenvalue weighted by Gasteiger charge is 2.47. The third kappa shape index (κ3) is 4.44. The van der Waals surface area contributed by atoms with E-state index in [1.807, 2.05) is 12.1 Å². The van der Waals surface area contributed by atoms with E-state index in [-0.39, 0.29) is 28.7 Å². The molecule has 186 valence electrons. The maximum Gasteiger partial charge on any atom is 0.300 e. The number of anilines is 1. The van der Waals surface area contributed by atoms with Gasteiger partial charge in [-0.15, -0.1) is 0 Å². The Labute approximate surface area is 217 Å². The normalized spacial score (nSPS) is 17.1. The second-order valence-corrected chi connectivity index (χ2v) is 9.55. The highest BCUT2D eigenvalue weighted by atomic mass is 79.9. The van der Waals surface area contributed by atoms with Crippen molar-refractivity contribution in [3.8, 4) is 17.2 Å². The highest BCUT2D eigenvalue weighted by Crippen LogP contribution is 2.44. The molecule has 0 spiro atoms. The van der Waals surface area contributed by atoms with Gasteiger partial charge in [-0.1, -0.05) is 32.0 Å². The Morgan fingerprint density at radius 3 is 2.14 bits per heavy atom. The lowest BCUT2D eigenvalue weighted by atomic mass is 9.94. The lowest BCUT2D eigenvalue weighted by Crippen LogP contribution is -2.29. The molecule has 0 aromatic heterocycles. The third-order valence-electron chi connectivity index (χ3n) is 6.23. The maximum atomic E-state index is 13.3. The number of ether oxygens (including phenoxy) is 2. The minimum atomic E-state index is -0.979. The summed E-state index contributed by atoms with van der Waals surface area (Å²) < 4.78 is 11.0. The van der Waals surface area contributed by atoms with Crippen LogP contribution in [0.1, 0.15) is 42.5 Å². The Kier molecular flexibility index (Phi) is 7.08. The number of Topliss-reactive ketones (excluding diaryl/α,β-unsaturated/α-hetero) is 1. The van der Waals surface area contributed by atoms with E-state index in [4.69, 9.17) is 9.47 Å². The van der Waals surface area contributed by atoms with Gasteiger partial charge in [-0.3, -0.25) is 14.5 Å². The number of aromatic hydroxyl groups is 1. The second-order valence-electron chi connectivity index (χ2n) is 8.70. The number of aliphatic hydroxyl groups is 1. The van der Waals surface area contributed by atoms with Gasteiger partial charge in [0.05, 0.1) is 30.3 Å². The molecule has 2 N–H and O–H groups in total. The van der Waals surface area contributed by atoms with Crippen LogP contribution in [-0.4, -0.2) is 36.1 Å². The molecular weight excluding hydrogens is 526 g/mol. The zero-order valence-corrected chi connectivity index (χ0v) is 21.9. The molecule has 3 aromatic rings. The zero-order valence-electron chi connectivity index (χ0n) is 20.3. The predicted octanol–water partition coefficient (Wildman–Crippen LogP) is 5.92. The summed E-state index contributed by atoms with van der Waals surface area (Å²) in [6, 6.07) is 15.9. The van der Waals surface area contributed by atoms with Gasteiger partial charge in [0.25, 0.3) is 11.7 Å². The molecule has 0 aliphatic carbocycles. The van der Waals surface area contributed by atoms with Gasteiger partial charge in [0.15, 0.2) is 11.5 Å². The molecule has 1 aliphatic rings. The summed E-state index contributed by atoms with van der Waals surface area (Å²) in [5, 5.41) is 21.8. The first-order valence-corrected chi connectivity index (χ1v) is 12.1. The number of carbonyl (C=O) groups excluding carboxylic acids is 2. The Morgan fingerprint density at radius 2 is 1.58 bits per heavy atom. The number of hydrogen-bond acceptors (Lipinski definition) is 6. The number of amides is 1. The fraction of sp³-hybridized carbons (Fsp3) is 0.214. The van der Waals surface area contributed by atoms with E-state index in [1.165, 1.54) is 25.2 Å². The van der Waals surface area contributed by atoms with Crippen LogP contribution in [0.5, 0.6) is 17.2 Å². The number of rotatable bonds is 6. The Hall–Kier alpha value is -3.78. The van der Waals surface area contributed by atoms with Crippen LogP contribution in [-0.2, 0) is 9.59 Å². The number of nitrogens with zero attached hydrogens (tertiary/aromatic N) is 1. The van der Waals surface area contributed by atoms with Gasteiger partial charge in [0.1, 0.15) is 11.5 Å². The topological polar surface area (TPSA) is 96.3 Å². The van der Waals surface area contributed by atoms with Gasteiger partial charge < -0.3 is 19.7 Å². The Balaban J connectivity index is 1.93. The summed E-state index contributed by atoms with van der Waals surface area (Å²) in [6.45, 7) is 4.13. The number of ketones is 1. The van der Waals surface area contributed by atoms with Crippen molar-refractivity contribution in [1.29, 1.82) is 0 Å². The van der Waals surface area contributed by atoms with Crippen LogP contribution in [0.3, 0.4) is 0 Å². The van der Waals surface area contributed by atoms with Gasteiger partial charge in [-0.05, 0) is 75.4 Å². The summed E-state index contributed by atoms with van der Waals surface area (Å²) in [6.07, 6.45) is 0. The number of aliphatic hydroxyl groups excluding tert-OH is 1. The molecule has 1 saturated heterocycles. The van der Waals surface area contributed by atoms with Gasteiger partial charge >= 0.3 is 0 Å². The summed E-state index contributed by atoms with van der Waals surface area (Å²) >= 11 is 3.40. The van der Waals surface area contributed by atoms with Gasteiger partial charge in [-0.2, -0.15) is 0 Å². The largest absolute Gasteiger partial charge is 0.507 e. The molecule has 1 fully saturated rings. The summed E-state index contributed by atoms with van der Waals surface area (Å²) in [5.74, 6) is -1.00. The van der Waals surface area contributed by atoms with E-state index in [2.05, 4.69) is 29.8 Å². The molecular formula is C28H26BrNO6. The Bertz CT molecular complexity index is 1360. The van der Waals surface area contributed by atoms with Crippen molar-refractivity contribution in [2.75, 3.05) is 19.1 Å². The molecule has 1 unspecified atom stereocenters. The van der Waals surface area contributed by atoms with Crippen LogP contribution in [0.15, 0.2) is 70.7 Å². The first-order valence-electron chi connectivity index (χ1n) is 11.3.